The van der Waals surface area contributed by atoms with Crippen LogP contribution in [-0.4, -0.2) is 26.0 Å². The Kier molecular flexibility index (Phi) is 4.30. The van der Waals surface area contributed by atoms with E-state index in [0.29, 0.717) is 5.56 Å². The van der Waals surface area contributed by atoms with Crippen molar-refractivity contribution in [1.29, 1.82) is 0 Å². The highest BCUT2D eigenvalue weighted by Gasteiger charge is 2.21. The zero-order chi connectivity index (χ0) is 13.8. The number of carbonyl (C=O) groups excluding carboxylic acids is 1. The second kappa shape index (κ2) is 5.95. The third kappa shape index (κ3) is 3.00. The minimum absolute atomic E-state index is 0.0645. The van der Waals surface area contributed by atoms with Crippen LogP contribution in [0.2, 0.25) is 0 Å². The number of nitrogens with two attached hydrogens (primary N) is 1. The number of nitrogens with one attached hydrogen (secondary N) is 1. The fourth-order valence-electron chi connectivity index (χ4n) is 2.72. The molecular formula is C15H23N3O. The van der Waals surface area contributed by atoms with Gasteiger partial charge < -0.3 is 16.0 Å². The van der Waals surface area contributed by atoms with E-state index in [4.69, 9.17) is 5.73 Å². The van der Waals surface area contributed by atoms with Gasteiger partial charge in [0.05, 0.1) is 11.4 Å². The molecule has 2 rings (SSSR count). The summed E-state index contributed by atoms with van der Waals surface area (Å²) in [5.74, 6) is 0.669. The van der Waals surface area contributed by atoms with Gasteiger partial charge >= 0.3 is 0 Å². The van der Waals surface area contributed by atoms with Crippen molar-refractivity contribution in [1.82, 2.24) is 5.32 Å². The first-order valence-corrected chi connectivity index (χ1v) is 7.02. The smallest absolute Gasteiger partial charge is 0.251 e. The summed E-state index contributed by atoms with van der Waals surface area (Å²) in [6, 6.07) is 5.51. The SMILES string of the molecule is CCC1CCCN(c2cc(C(=O)NC)ccc2N)C1. The van der Waals surface area contributed by atoms with Crippen LogP contribution in [0.1, 0.15) is 36.5 Å². The van der Waals surface area contributed by atoms with Crippen LogP contribution in [0.3, 0.4) is 0 Å². The van der Waals surface area contributed by atoms with Gasteiger partial charge in [0.1, 0.15) is 0 Å². The molecule has 0 saturated carbocycles. The lowest BCUT2D eigenvalue weighted by Crippen LogP contribution is -2.35. The third-order valence-electron chi connectivity index (χ3n) is 3.96. The number of benzene rings is 1. The summed E-state index contributed by atoms with van der Waals surface area (Å²) in [6.45, 7) is 4.30. The summed E-state index contributed by atoms with van der Waals surface area (Å²) < 4.78 is 0. The van der Waals surface area contributed by atoms with Crippen molar-refractivity contribution < 1.29 is 4.79 Å². The maximum atomic E-state index is 11.7. The maximum absolute atomic E-state index is 11.7. The number of hydrogen-bond acceptors (Lipinski definition) is 3. The van der Waals surface area contributed by atoms with Gasteiger partial charge in [0, 0.05) is 25.7 Å². The Morgan fingerprint density at radius 2 is 2.32 bits per heavy atom. The van der Waals surface area contributed by atoms with Crippen LogP contribution in [-0.2, 0) is 0 Å². The van der Waals surface area contributed by atoms with E-state index in [0.717, 1.165) is 30.4 Å². The summed E-state index contributed by atoms with van der Waals surface area (Å²) in [7, 11) is 1.65. The molecule has 1 fully saturated rings. The van der Waals surface area contributed by atoms with Gasteiger partial charge in [0.2, 0.25) is 0 Å². The third-order valence-corrected chi connectivity index (χ3v) is 3.96. The fraction of sp³-hybridized carbons (Fsp3) is 0.533. The van der Waals surface area contributed by atoms with Crippen LogP contribution in [0.25, 0.3) is 0 Å². The van der Waals surface area contributed by atoms with E-state index in [-0.39, 0.29) is 5.91 Å². The van der Waals surface area contributed by atoms with E-state index in [1.807, 2.05) is 12.1 Å². The molecule has 4 nitrogen and oxygen atoms in total. The highest BCUT2D eigenvalue weighted by atomic mass is 16.1. The van der Waals surface area contributed by atoms with Gasteiger partial charge in [-0.15, -0.1) is 0 Å². The van der Waals surface area contributed by atoms with Crippen molar-refractivity contribution in [2.75, 3.05) is 30.8 Å². The molecule has 1 heterocycles. The number of rotatable bonds is 3. The molecular weight excluding hydrogens is 238 g/mol. The molecule has 1 aromatic rings. The fourth-order valence-corrected chi connectivity index (χ4v) is 2.72. The molecule has 1 amide bonds. The Bertz CT molecular complexity index is 459. The molecule has 0 aromatic heterocycles. The number of anilines is 2. The maximum Gasteiger partial charge on any atom is 0.251 e. The molecule has 1 saturated heterocycles. The summed E-state index contributed by atoms with van der Waals surface area (Å²) >= 11 is 0. The van der Waals surface area contributed by atoms with Gasteiger partial charge in [-0.05, 0) is 37.0 Å². The highest BCUT2D eigenvalue weighted by molar-refractivity contribution is 5.96. The Hall–Kier alpha value is -1.71. The number of piperidine rings is 1. The average molecular weight is 261 g/mol. The molecule has 0 bridgehead atoms. The van der Waals surface area contributed by atoms with Crippen LogP contribution in [0, 0.1) is 5.92 Å². The largest absolute Gasteiger partial charge is 0.397 e. The second-order valence-corrected chi connectivity index (χ2v) is 5.22. The molecule has 1 atom stereocenters. The van der Waals surface area contributed by atoms with Gasteiger partial charge in [-0.1, -0.05) is 13.3 Å². The standard InChI is InChI=1S/C15H23N3O/c1-3-11-5-4-8-18(10-11)14-9-12(15(19)17-2)6-7-13(14)16/h6-7,9,11H,3-5,8,10,16H2,1-2H3,(H,17,19). The topological polar surface area (TPSA) is 58.4 Å². The Balaban J connectivity index is 2.25. The van der Waals surface area contributed by atoms with E-state index in [9.17, 15) is 4.79 Å². The van der Waals surface area contributed by atoms with Crippen molar-refractivity contribution in [2.45, 2.75) is 26.2 Å². The van der Waals surface area contributed by atoms with E-state index in [1.54, 1.807) is 13.1 Å². The monoisotopic (exact) mass is 261 g/mol. The minimum Gasteiger partial charge on any atom is -0.397 e. The molecule has 4 heteroatoms. The van der Waals surface area contributed by atoms with Crippen LogP contribution >= 0.6 is 0 Å². The molecule has 1 aliphatic heterocycles. The summed E-state index contributed by atoms with van der Waals surface area (Å²) in [6.07, 6.45) is 3.69. The first kappa shape index (κ1) is 13.7. The van der Waals surface area contributed by atoms with Crippen molar-refractivity contribution >= 4 is 17.3 Å². The van der Waals surface area contributed by atoms with Crippen LogP contribution in [0.4, 0.5) is 11.4 Å². The number of amides is 1. The van der Waals surface area contributed by atoms with E-state index in [1.165, 1.54) is 19.3 Å². The number of nitrogen functional groups attached to an aromatic ring is 1. The first-order valence-electron chi connectivity index (χ1n) is 7.02. The van der Waals surface area contributed by atoms with Crippen molar-refractivity contribution in [2.24, 2.45) is 5.92 Å². The lowest BCUT2D eigenvalue weighted by molar-refractivity contribution is 0.0963. The van der Waals surface area contributed by atoms with Gasteiger partial charge in [-0.25, -0.2) is 0 Å². The molecule has 19 heavy (non-hydrogen) atoms. The molecule has 1 aliphatic rings. The lowest BCUT2D eigenvalue weighted by Gasteiger charge is -2.34. The van der Waals surface area contributed by atoms with Crippen molar-refractivity contribution in [3.05, 3.63) is 23.8 Å². The Morgan fingerprint density at radius 3 is 3.00 bits per heavy atom. The molecule has 0 spiro atoms. The van der Waals surface area contributed by atoms with E-state index in [2.05, 4.69) is 17.1 Å². The average Bonchev–Trinajstić information content (AvgIpc) is 2.47. The summed E-state index contributed by atoms with van der Waals surface area (Å²) in [4.78, 5) is 14.0. The molecule has 1 unspecified atom stereocenters. The van der Waals surface area contributed by atoms with Crippen molar-refractivity contribution in [3.8, 4) is 0 Å². The van der Waals surface area contributed by atoms with Crippen molar-refractivity contribution in [3.63, 3.8) is 0 Å². The quantitative estimate of drug-likeness (QED) is 0.821. The highest BCUT2D eigenvalue weighted by Crippen LogP contribution is 2.30. The van der Waals surface area contributed by atoms with Gasteiger partial charge in [-0.2, -0.15) is 0 Å². The number of carbonyl (C=O) groups is 1. The first-order chi connectivity index (χ1) is 9.15. The molecule has 1 aromatic carbocycles. The summed E-state index contributed by atoms with van der Waals surface area (Å²) in [5.41, 5.74) is 8.50. The predicted octanol–water partition coefficient (Wildman–Crippen LogP) is 2.25. The summed E-state index contributed by atoms with van der Waals surface area (Å²) in [5, 5.41) is 2.65. The molecule has 0 aliphatic carbocycles. The van der Waals surface area contributed by atoms with Crippen LogP contribution < -0.4 is 16.0 Å². The normalized spacial score (nSPS) is 19.3. The molecule has 104 valence electrons. The van der Waals surface area contributed by atoms with E-state index < -0.39 is 0 Å². The second-order valence-electron chi connectivity index (χ2n) is 5.22. The predicted molar refractivity (Wildman–Crippen MR) is 79.5 cm³/mol. The Labute approximate surface area is 115 Å². The van der Waals surface area contributed by atoms with Crippen LogP contribution in [0.15, 0.2) is 18.2 Å². The number of hydrogen-bond donors (Lipinski definition) is 2. The zero-order valence-corrected chi connectivity index (χ0v) is 11.8. The lowest BCUT2D eigenvalue weighted by atomic mass is 9.95. The minimum atomic E-state index is -0.0645. The number of nitrogens with zero attached hydrogens (tertiary/aromatic N) is 1. The molecule has 0 radical (unpaired) electrons. The Morgan fingerprint density at radius 1 is 1.53 bits per heavy atom. The zero-order valence-electron chi connectivity index (χ0n) is 11.8. The van der Waals surface area contributed by atoms with Gasteiger partial charge in [0.15, 0.2) is 0 Å². The molecule has 3 N–H and O–H groups in total. The van der Waals surface area contributed by atoms with Gasteiger partial charge in [0.25, 0.3) is 5.91 Å². The van der Waals surface area contributed by atoms with Crippen LogP contribution in [0.5, 0.6) is 0 Å². The van der Waals surface area contributed by atoms with Gasteiger partial charge in [-0.3, -0.25) is 4.79 Å². The van der Waals surface area contributed by atoms with E-state index >= 15 is 0 Å².